The second-order valence-corrected chi connectivity index (χ2v) is 6.82. The summed E-state index contributed by atoms with van der Waals surface area (Å²) in [5.74, 6) is 0.675. The van der Waals surface area contributed by atoms with Crippen molar-refractivity contribution in [3.63, 3.8) is 0 Å². The van der Waals surface area contributed by atoms with Crippen molar-refractivity contribution in [1.29, 1.82) is 0 Å². The lowest BCUT2D eigenvalue weighted by Crippen LogP contribution is -2.58. The number of guanidine groups is 2. The van der Waals surface area contributed by atoms with Gasteiger partial charge in [-0.05, 0) is 49.9 Å². The van der Waals surface area contributed by atoms with Gasteiger partial charge in [0, 0.05) is 0 Å². The number of para-hydroxylation sites is 3. The van der Waals surface area contributed by atoms with Gasteiger partial charge in [-0.3, -0.25) is 4.90 Å². The molecule has 1 spiro atoms. The minimum absolute atomic E-state index is 0.151. The van der Waals surface area contributed by atoms with E-state index < -0.39 is 11.5 Å². The summed E-state index contributed by atoms with van der Waals surface area (Å²) in [5.41, 5.74) is 12.3. The zero-order valence-electron chi connectivity index (χ0n) is 14.9. The van der Waals surface area contributed by atoms with Crippen LogP contribution in [0.2, 0.25) is 0 Å². The average Bonchev–Trinajstić information content (AvgIpc) is 2.65. The quantitative estimate of drug-likeness (QED) is 0.865. The summed E-state index contributed by atoms with van der Waals surface area (Å²) in [5, 5.41) is 0. The van der Waals surface area contributed by atoms with Gasteiger partial charge < -0.3 is 16.2 Å². The van der Waals surface area contributed by atoms with Gasteiger partial charge in [-0.1, -0.05) is 30.7 Å². The van der Waals surface area contributed by atoms with Gasteiger partial charge in [0.1, 0.15) is 5.66 Å². The monoisotopic (exact) mass is 367 g/mol. The Morgan fingerprint density at radius 2 is 1.59 bits per heavy atom. The van der Waals surface area contributed by atoms with Gasteiger partial charge in [0.05, 0.1) is 5.69 Å². The highest BCUT2D eigenvalue weighted by atomic mass is 19.1. The Morgan fingerprint density at radius 1 is 0.926 bits per heavy atom. The van der Waals surface area contributed by atoms with E-state index in [4.69, 9.17) is 16.2 Å². The fourth-order valence-corrected chi connectivity index (χ4v) is 3.84. The third-order valence-corrected chi connectivity index (χ3v) is 5.01. The van der Waals surface area contributed by atoms with E-state index in [-0.39, 0.29) is 17.7 Å². The van der Waals surface area contributed by atoms with Crippen molar-refractivity contribution >= 4 is 17.6 Å². The molecular formula is C20H22FN5O. The van der Waals surface area contributed by atoms with E-state index in [1.54, 1.807) is 24.3 Å². The molecular weight excluding hydrogens is 345 g/mol. The molecule has 2 aromatic rings. The molecule has 0 bridgehead atoms. The summed E-state index contributed by atoms with van der Waals surface area (Å²) in [7, 11) is 0. The van der Waals surface area contributed by atoms with Crippen LogP contribution < -0.4 is 21.1 Å². The van der Waals surface area contributed by atoms with Crippen molar-refractivity contribution in [2.75, 3.05) is 4.90 Å². The third kappa shape index (κ3) is 3.20. The molecule has 140 valence electrons. The third-order valence-electron chi connectivity index (χ3n) is 5.01. The van der Waals surface area contributed by atoms with E-state index in [2.05, 4.69) is 9.98 Å². The maximum absolute atomic E-state index is 14.1. The number of benzene rings is 2. The predicted molar refractivity (Wildman–Crippen MR) is 104 cm³/mol. The molecule has 0 saturated heterocycles. The van der Waals surface area contributed by atoms with Crippen LogP contribution in [0.25, 0.3) is 0 Å². The lowest BCUT2D eigenvalue weighted by molar-refractivity contribution is 0.303. The van der Waals surface area contributed by atoms with Gasteiger partial charge in [-0.15, -0.1) is 0 Å². The maximum atomic E-state index is 14.1. The fraction of sp³-hybridized carbons (Fsp3) is 0.300. The number of nitrogens with zero attached hydrogens (tertiary/aromatic N) is 3. The zero-order valence-corrected chi connectivity index (χ0v) is 14.9. The number of anilines is 1. The Bertz CT molecular complexity index is 905. The standard InChI is InChI=1S/C20H22FN5O/c21-14-8-2-4-10-16(14)27-17-11-5-3-9-15(17)26-19(23)24-18(22)25-20(26)12-6-1-7-13-20/h2-5,8-11H,1,6-7,12-13H2,(H4,22,23,24,25). The Balaban J connectivity index is 1.78. The van der Waals surface area contributed by atoms with Crippen LogP contribution in [0.1, 0.15) is 32.1 Å². The molecule has 2 aromatic carbocycles. The van der Waals surface area contributed by atoms with Gasteiger partial charge in [-0.25, -0.2) is 9.38 Å². The first kappa shape index (κ1) is 17.3. The van der Waals surface area contributed by atoms with Crippen LogP contribution in [0.4, 0.5) is 10.1 Å². The Morgan fingerprint density at radius 3 is 2.33 bits per heavy atom. The molecule has 7 heteroatoms. The number of rotatable bonds is 3. The molecule has 4 rings (SSSR count). The molecule has 4 N–H and O–H groups in total. The van der Waals surface area contributed by atoms with Crippen LogP contribution in [0.15, 0.2) is 58.5 Å². The SMILES string of the molecule is NC1=NC2(CCCCC2)N(c2ccccc2Oc2ccccc2F)C(N)=N1. The summed E-state index contributed by atoms with van der Waals surface area (Å²) < 4.78 is 20.0. The molecule has 6 nitrogen and oxygen atoms in total. The van der Waals surface area contributed by atoms with Crippen molar-refractivity contribution in [2.24, 2.45) is 21.5 Å². The molecule has 0 amide bonds. The molecule has 0 aromatic heterocycles. The first-order chi connectivity index (χ1) is 13.1. The summed E-state index contributed by atoms with van der Waals surface area (Å²) >= 11 is 0. The van der Waals surface area contributed by atoms with Crippen LogP contribution in [0.3, 0.4) is 0 Å². The topological polar surface area (TPSA) is 89.2 Å². The van der Waals surface area contributed by atoms with Gasteiger partial charge in [0.15, 0.2) is 17.3 Å². The van der Waals surface area contributed by atoms with E-state index in [9.17, 15) is 4.39 Å². The molecule has 1 aliphatic carbocycles. The Kier molecular flexibility index (Phi) is 4.43. The van der Waals surface area contributed by atoms with Crippen molar-refractivity contribution in [1.82, 2.24) is 0 Å². The highest BCUT2D eigenvalue weighted by molar-refractivity contribution is 6.06. The van der Waals surface area contributed by atoms with Crippen molar-refractivity contribution in [3.8, 4) is 11.5 Å². The number of hydrogen-bond donors (Lipinski definition) is 2. The average molecular weight is 367 g/mol. The summed E-state index contributed by atoms with van der Waals surface area (Å²) in [6.45, 7) is 0. The number of hydrogen-bond acceptors (Lipinski definition) is 6. The predicted octanol–water partition coefficient (Wildman–Crippen LogP) is 3.73. The lowest BCUT2D eigenvalue weighted by atomic mass is 9.87. The fourth-order valence-electron chi connectivity index (χ4n) is 3.84. The van der Waals surface area contributed by atoms with E-state index in [0.29, 0.717) is 11.4 Å². The molecule has 1 heterocycles. The van der Waals surface area contributed by atoms with Gasteiger partial charge in [0.25, 0.3) is 0 Å². The van der Waals surface area contributed by atoms with E-state index in [1.807, 2.05) is 23.1 Å². The van der Waals surface area contributed by atoms with E-state index in [0.717, 1.165) is 32.1 Å². The zero-order chi connectivity index (χ0) is 18.9. The number of ether oxygens (including phenoxy) is 1. The molecule has 2 aliphatic rings. The molecule has 0 unspecified atom stereocenters. The van der Waals surface area contributed by atoms with Crippen LogP contribution in [0, 0.1) is 5.82 Å². The first-order valence-electron chi connectivity index (χ1n) is 9.10. The summed E-state index contributed by atoms with van der Waals surface area (Å²) in [6, 6.07) is 13.7. The molecule has 1 saturated carbocycles. The molecule has 0 atom stereocenters. The highest BCUT2D eigenvalue weighted by Gasteiger charge is 2.43. The minimum atomic E-state index is -0.580. The number of halogens is 1. The highest BCUT2D eigenvalue weighted by Crippen LogP contribution is 2.43. The van der Waals surface area contributed by atoms with Crippen LogP contribution in [-0.4, -0.2) is 17.6 Å². The second kappa shape index (κ2) is 6.90. The first-order valence-corrected chi connectivity index (χ1v) is 9.10. The molecule has 1 aliphatic heterocycles. The normalized spacial score (nSPS) is 18.8. The smallest absolute Gasteiger partial charge is 0.220 e. The Hall–Kier alpha value is -3.09. The van der Waals surface area contributed by atoms with Crippen molar-refractivity contribution in [2.45, 2.75) is 37.8 Å². The summed E-state index contributed by atoms with van der Waals surface area (Å²) in [6.07, 6.45) is 4.83. The lowest BCUT2D eigenvalue weighted by Gasteiger charge is -2.45. The van der Waals surface area contributed by atoms with Gasteiger partial charge >= 0.3 is 0 Å². The van der Waals surface area contributed by atoms with Crippen LogP contribution in [-0.2, 0) is 0 Å². The van der Waals surface area contributed by atoms with Crippen LogP contribution in [0.5, 0.6) is 11.5 Å². The molecule has 27 heavy (non-hydrogen) atoms. The molecule has 0 radical (unpaired) electrons. The second-order valence-electron chi connectivity index (χ2n) is 6.82. The van der Waals surface area contributed by atoms with Crippen molar-refractivity contribution in [3.05, 3.63) is 54.3 Å². The number of aliphatic imine (C=N–C) groups is 2. The minimum Gasteiger partial charge on any atom is -0.452 e. The van der Waals surface area contributed by atoms with Crippen molar-refractivity contribution < 1.29 is 9.13 Å². The van der Waals surface area contributed by atoms with E-state index in [1.165, 1.54) is 6.07 Å². The largest absolute Gasteiger partial charge is 0.452 e. The molecule has 1 fully saturated rings. The van der Waals surface area contributed by atoms with E-state index >= 15 is 0 Å². The van der Waals surface area contributed by atoms with Gasteiger partial charge in [-0.2, -0.15) is 4.99 Å². The Labute approximate surface area is 157 Å². The summed E-state index contributed by atoms with van der Waals surface area (Å²) in [4.78, 5) is 10.7. The van der Waals surface area contributed by atoms with Crippen LogP contribution >= 0.6 is 0 Å². The number of nitrogens with two attached hydrogens (primary N) is 2. The van der Waals surface area contributed by atoms with Gasteiger partial charge in [0.2, 0.25) is 11.9 Å². The maximum Gasteiger partial charge on any atom is 0.220 e.